The molecule has 5 nitrogen and oxygen atoms in total. The van der Waals surface area contributed by atoms with E-state index in [2.05, 4.69) is 17.3 Å². The first-order chi connectivity index (χ1) is 8.27. The van der Waals surface area contributed by atoms with Gasteiger partial charge in [0.05, 0.1) is 12.5 Å². The summed E-state index contributed by atoms with van der Waals surface area (Å²) in [5.41, 5.74) is 1.12. The number of carbonyl (C=O) groups is 1. The Bertz CT molecular complexity index is 389. The van der Waals surface area contributed by atoms with Gasteiger partial charge in [-0.3, -0.25) is 9.48 Å². The van der Waals surface area contributed by atoms with Crippen molar-refractivity contribution in [3.63, 3.8) is 0 Å². The van der Waals surface area contributed by atoms with Gasteiger partial charge >= 0.3 is 5.97 Å². The molecule has 0 spiro atoms. The van der Waals surface area contributed by atoms with Gasteiger partial charge in [-0.25, -0.2) is 0 Å². The number of hydrogen-bond donors (Lipinski definition) is 1. The molecule has 2 atom stereocenters. The summed E-state index contributed by atoms with van der Waals surface area (Å²) in [6, 6.07) is 1.99. The molecule has 0 aliphatic carbocycles. The standard InChI is InChI=1S/C12H19N3O2/c1-3-15-11(5-6-14-15)9-7-13-8-10(9)12(16)17-4-2/h5-6,9-10,13H,3-4,7-8H2,1-2H3. The predicted molar refractivity (Wildman–Crippen MR) is 63.6 cm³/mol. The zero-order valence-corrected chi connectivity index (χ0v) is 10.3. The van der Waals surface area contributed by atoms with Crippen molar-refractivity contribution in [2.45, 2.75) is 26.3 Å². The van der Waals surface area contributed by atoms with Crippen LogP contribution >= 0.6 is 0 Å². The summed E-state index contributed by atoms with van der Waals surface area (Å²) in [7, 11) is 0. The number of rotatable bonds is 4. The van der Waals surface area contributed by atoms with E-state index in [1.165, 1.54) is 0 Å². The third kappa shape index (κ3) is 2.34. The van der Waals surface area contributed by atoms with E-state index >= 15 is 0 Å². The van der Waals surface area contributed by atoms with Crippen LogP contribution in [0.3, 0.4) is 0 Å². The van der Waals surface area contributed by atoms with E-state index in [1.807, 2.05) is 17.7 Å². The quantitative estimate of drug-likeness (QED) is 0.786. The molecule has 5 heteroatoms. The highest BCUT2D eigenvalue weighted by atomic mass is 16.5. The van der Waals surface area contributed by atoms with Gasteiger partial charge in [-0.15, -0.1) is 0 Å². The number of ether oxygens (including phenoxy) is 1. The molecule has 0 amide bonds. The van der Waals surface area contributed by atoms with Gasteiger partial charge < -0.3 is 10.1 Å². The van der Waals surface area contributed by atoms with Gasteiger partial charge in [0.2, 0.25) is 0 Å². The zero-order chi connectivity index (χ0) is 12.3. The highest BCUT2D eigenvalue weighted by Crippen LogP contribution is 2.28. The molecule has 0 radical (unpaired) electrons. The van der Waals surface area contributed by atoms with Crippen molar-refractivity contribution in [2.24, 2.45) is 5.92 Å². The molecule has 94 valence electrons. The van der Waals surface area contributed by atoms with Gasteiger partial charge in [0.25, 0.3) is 0 Å². The van der Waals surface area contributed by atoms with E-state index in [-0.39, 0.29) is 17.8 Å². The van der Waals surface area contributed by atoms with Crippen molar-refractivity contribution in [1.29, 1.82) is 0 Å². The van der Waals surface area contributed by atoms with Crippen LogP contribution in [0.2, 0.25) is 0 Å². The molecule has 1 saturated heterocycles. The topological polar surface area (TPSA) is 56.1 Å². The average molecular weight is 237 g/mol. The second kappa shape index (κ2) is 5.31. The van der Waals surface area contributed by atoms with Crippen LogP contribution in [0.4, 0.5) is 0 Å². The molecule has 1 N–H and O–H groups in total. The van der Waals surface area contributed by atoms with Crippen molar-refractivity contribution >= 4 is 5.97 Å². The highest BCUT2D eigenvalue weighted by molar-refractivity contribution is 5.74. The second-order valence-corrected chi connectivity index (χ2v) is 4.20. The average Bonchev–Trinajstić information content (AvgIpc) is 2.97. The van der Waals surface area contributed by atoms with Crippen LogP contribution in [0.1, 0.15) is 25.5 Å². The fourth-order valence-electron chi connectivity index (χ4n) is 2.41. The number of esters is 1. The van der Waals surface area contributed by atoms with E-state index in [0.29, 0.717) is 13.2 Å². The van der Waals surface area contributed by atoms with Gasteiger partial charge in [-0.2, -0.15) is 5.10 Å². The minimum Gasteiger partial charge on any atom is -0.466 e. The van der Waals surface area contributed by atoms with E-state index in [9.17, 15) is 4.79 Å². The first kappa shape index (κ1) is 12.1. The Kier molecular flexibility index (Phi) is 3.78. The number of aryl methyl sites for hydroxylation is 1. The van der Waals surface area contributed by atoms with Crippen LogP contribution in [-0.4, -0.2) is 35.4 Å². The Morgan fingerprint density at radius 2 is 2.41 bits per heavy atom. The third-order valence-electron chi connectivity index (χ3n) is 3.23. The molecule has 1 aromatic rings. The predicted octanol–water partition coefficient (Wildman–Crippen LogP) is 0.769. The van der Waals surface area contributed by atoms with E-state index < -0.39 is 0 Å². The number of carbonyl (C=O) groups excluding carboxylic acids is 1. The van der Waals surface area contributed by atoms with Gasteiger partial charge in [0.15, 0.2) is 0 Å². The zero-order valence-electron chi connectivity index (χ0n) is 10.3. The molecular weight excluding hydrogens is 218 g/mol. The highest BCUT2D eigenvalue weighted by Gasteiger charge is 2.36. The minimum atomic E-state index is -0.105. The molecule has 17 heavy (non-hydrogen) atoms. The fraction of sp³-hybridized carbons (Fsp3) is 0.667. The summed E-state index contributed by atoms with van der Waals surface area (Å²) >= 11 is 0. The lowest BCUT2D eigenvalue weighted by Gasteiger charge is -2.18. The maximum absolute atomic E-state index is 11.9. The Morgan fingerprint density at radius 3 is 3.12 bits per heavy atom. The molecule has 1 aliphatic heterocycles. The Balaban J connectivity index is 2.17. The van der Waals surface area contributed by atoms with Crippen LogP contribution in [0.15, 0.2) is 12.3 Å². The van der Waals surface area contributed by atoms with Crippen LogP contribution in [0.25, 0.3) is 0 Å². The second-order valence-electron chi connectivity index (χ2n) is 4.20. The van der Waals surface area contributed by atoms with Gasteiger partial charge in [0.1, 0.15) is 0 Å². The van der Waals surface area contributed by atoms with Crippen molar-refractivity contribution in [1.82, 2.24) is 15.1 Å². The normalized spacial score (nSPS) is 23.9. The van der Waals surface area contributed by atoms with Gasteiger partial charge in [-0.1, -0.05) is 0 Å². The van der Waals surface area contributed by atoms with Crippen LogP contribution in [0, 0.1) is 5.92 Å². The molecule has 1 fully saturated rings. The minimum absolute atomic E-state index is 0.0862. The summed E-state index contributed by atoms with van der Waals surface area (Å²) in [6.07, 6.45) is 1.79. The monoisotopic (exact) mass is 237 g/mol. The molecule has 2 rings (SSSR count). The maximum atomic E-state index is 11.9. The SMILES string of the molecule is CCOC(=O)C1CNCC1c1ccnn1CC. The van der Waals surface area contributed by atoms with Crippen molar-refractivity contribution in [2.75, 3.05) is 19.7 Å². The summed E-state index contributed by atoms with van der Waals surface area (Å²) in [4.78, 5) is 11.9. The van der Waals surface area contributed by atoms with E-state index in [4.69, 9.17) is 4.74 Å². The molecule has 0 bridgehead atoms. The third-order valence-corrected chi connectivity index (χ3v) is 3.23. The largest absolute Gasteiger partial charge is 0.466 e. The Labute approximate surface area is 101 Å². The molecule has 2 heterocycles. The lowest BCUT2D eigenvalue weighted by Crippen LogP contribution is -2.25. The number of nitrogens with one attached hydrogen (secondary N) is 1. The summed E-state index contributed by atoms with van der Waals surface area (Å²) in [6.45, 7) is 6.67. The van der Waals surface area contributed by atoms with Crippen molar-refractivity contribution < 1.29 is 9.53 Å². The number of hydrogen-bond acceptors (Lipinski definition) is 4. The molecule has 0 saturated carbocycles. The fourth-order valence-corrected chi connectivity index (χ4v) is 2.41. The number of nitrogens with zero attached hydrogens (tertiary/aromatic N) is 2. The summed E-state index contributed by atoms with van der Waals surface area (Å²) < 4.78 is 7.07. The lowest BCUT2D eigenvalue weighted by atomic mass is 9.93. The Morgan fingerprint density at radius 1 is 1.59 bits per heavy atom. The smallest absolute Gasteiger partial charge is 0.310 e. The lowest BCUT2D eigenvalue weighted by molar-refractivity contribution is -0.147. The molecule has 0 aromatic carbocycles. The molecule has 1 aliphatic rings. The van der Waals surface area contributed by atoms with E-state index in [0.717, 1.165) is 18.8 Å². The van der Waals surface area contributed by atoms with Crippen LogP contribution in [-0.2, 0) is 16.1 Å². The number of aromatic nitrogens is 2. The van der Waals surface area contributed by atoms with Gasteiger partial charge in [-0.05, 0) is 19.9 Å². The van der Waals surface area contributed by atoms with Crippen molar-refractivity contribution in [3.05, 3.63) is 18.0 Å². The Hall–Kier alpha value is -1.36. The summed E-state index contributed by atoms with van der Waals surface area (Å²) in [5.74, 6) is -0.0141. The maximum Gasteiger partial charge on any atom is 0.310 e. The summed E-state index contributed by atoms with van der Waals surface area (Å²) in [5, 5.41) is 7.52. The van der Waals surface area contributed by atoms with Crippen LogP contribution in [0.5, 0.6) is 0 Å². The molecular formula is C12H19N3O2. The van der Waals surface area contributed by atoms with Crippen molar-refractivity contribution in [3.8, 4) is 0 Å². The van der Waals surface area contributed by atoms with Gasteiger partial charge in [0, 0.05) is 37.4 Å². The molecule has 2 unspecified atom stereocenters. The first-order valence-electron chi connectivity index (χ1n) is 6.17. The van der Waals surface area contributed by atoms with E-state index in [1.54, 1.807) is 6.20 Å². The van der Waals surface area contributed by atoms with Crippen LogP contribution < -0.4 is 5.32 Å². The molecule has 1 aromatic heterocycles. The first-order valence-corrected chi connectivity index (χ1v) is 6.17.